The number of nitrogens with zero attached hydrogens (tertiary/aromatic N) is 2. The fourth-order valence-electron chi connectivity index (χ4n) is 6.98. The molecule has 0 spiro atoms. The van der Waals surface area contributed by atoms with Crippen molar-refractivity contribution < 1.29 is 23.9 Å². The molecule has 1 saturated heterocycles. The van der Waals surface area contributed by atoms with Crippen molar-refractivity contribution in [2.75, 3.05) is 19.7 Å². The lowest BCUT2D eigenvalue weighted by molar-refractivity contribution is -0.149. The summed E-state index contributed by atoms with van der Waals surface area (Å²) in [5, 5.41) is 6.00. The fourth-order valence-corrected chi connectivity index (χ4v) is 6.98. The van der Waals surface area contributed by atoms with Gasteiger partial charge in [-0.2, -0.15) is 27.0 Å². The van der Waals surface area contributed by atoms with Crippen LogP contribution in [0, 0.1) is 5.92 Å². The first kappa shape index (κ1) is 39.4. The fraction of sp³-hybridized carbons (Fsp3) is 0.432. The predicted molar refractivity (Wildman–Crippen MR) is 199 cm³/mol. The van der Waals surface area contributed by atoms with E-state index in [1.165, 1.54) is 10.6 Å². The summed E-state index contributed by atoms with van der Waals surface area (Å²) in [5.41, 5.74) is 0.989. The van der Waals surface area contributed by atoms with E-state index in [1.54, 1.807) is 26.2 Å². The van der Waals surface area contributed by atoms with Crippen LogP contribution in [0.4, 0.5) is 0 Å². The first-order valence-corrected chi connectivity index (χ1v) is 16.5. The number of aromatic nitrogens is 1. The number of benzene rings is 2. The Morgan fingerprint density at radius 3 is 2.22 bits per heavy atom. The molecular formula is C37H48N4O6S2. The van der Waals surface area contributed by atoms with E-state index in [2.05, 4.69) is 10.6 Å². The van der Waals surface area contributed by atoms with Crippen LogP contribution in [0.1, 0.15) is 79.4 Å². The number of rotatable bonds is 9. The number of pyridine rings is 1. The number of hydrogen-bond acceptors (Lipinski definition) is 6. The summed E-state index contributed by atoms with van der Waals surface area (Å²) >= 11 is 0. The third kappa shape index (κ3) is 8.07. The van der Waals surface area contributed by atoms with E-state index in [0.29, 0.717) is 38.8 Å². The van der Waals surface area contributed by atoms with E-state index in [1.807, 2.05) is 73.3 Å². The molecule has 12 heteroatoms. The lowest BCUT2D eigenvalue weighted by atomic mass is 9.62. The summed E-state index contributed by atoms with van der Waals surface area (Å²) in [7, 11) is 1.61. The van der Waals surface area contributed by atoms with Crippen molar-refractivity contribution in [2.24, 2.45) is 13.0 Å². The standard InChI is InChI=1S/C37H44N4O6.2H2S/c1-5-47-35(45)31(24(2)3)39-36(46)37(25-12-7-6-8-13-25)20-17-28(27-14-9-10-16-30(27)37)34(44)41-22-18-26(19-23-41)38-32(42)29-15-11-21-40(4)33(29)43;;/h6-16,21,24,26,28,31H,5,17-20,22-23H2,1-4H3,(H,38,42)(H,39,46);2*1H2/t28-,31-,37+;;/m0../s1. The van der Waals surface area contributed by atoms with Gasteiger partial charge in [0.15, 0.2) is 0 Å². The maximum absolute atomic E-state index is 14.5. The van der Waals surface area contributed by atoms with Crippen LogP contribution in [-0.2, 0) is 31.6 Å². The van der Waals surface area contributed by atoms with Crippen LogP contribution in [0.5, 0.6) is 0 Å². The number of hydrogen-bond donors (Lipinski definition) is 2. The second-order valence-corrected chi connectivity index (χ2v) is 12.8. The highest BCUT2D eigenvalue weighted by molar-refractivity contribution is 7.59. The zero-order valence-electron chi connectivity index (χ0n) is 28.5. The van der Waals surface area contributed by atoms with Gasteiger partial charge in [-0.25, -0.2) is 4.79 Å². The highest BCUT2D eigenvalue weighted by Crippen LogP contribution is 2.48. The molecule has 1 fully saturated rings. The van der Waals surface area contributed by atoms with Gasteiger partial charge in [-0.05, 0) is 67.3 Å². The normalized spacial score (nSPS) is 19.4. The molecule has 5 rings (SSSR count). The van der Waals surface area contributed by atoms with Crippen molar-refractivity contribution in [2.45, 2.75) is 69.9 Å². The number of nitrogens with one attached hydrogen (secondary N) is 2. The van der Waals surface area contributed by atoms with E-state index in [4.69, 9.17) is 4.74 Å². The van der Waals surface area contributed by atoms with E-state index in [0.717, 1.165) is 16.7 Å². The van der Waals surface area contributed by atoms with Crippen LogP contribution < -0.4 is 16.2 Å². The molecule has 1 aliphatic heterocycles. The summed E-state index contributed by atoms with van der Waals surface area (Å²) in [6.45, 7) is 6.63. The number of fused-ring (bicyclic) bond motifs is 1. The molecule has 0 radical (unpaired) electrons. The number of aryl methyl sites for hydroxylation is 1. The van der Waals surface area contributed by atoms with Gasteiger partial charge in [-0.1, -0.05) is 68.4 Å². The molecule has 3 atom stereocenters. The minimum atomic E-state index is -1.11. The molecule has 10 nitrogen and oxygen atoms in total. The van der Waals surface area contributed by atoms with Crippen molar-refractivity contribution >= 4 is 50.7 Å². The van der Waals surface area contributed by atoms with Crippen LogP contribution in [0.3, 0.4) is 0 Å². The highest BCUT2D eigenvalue weighted by atomic mass is 32.1. The molecule has 264 valence electrons. The van der Waals surface area contributed by atoms with Crippen molar-refractivity contribution in [1.29, 1.82) is 0 Å². The maximum atomic E-state index is 14.5. The quantitative estimate of drug-likeness (QED) is 0.325. The molecule has 2 heterocycles. The Balaban J connectivity index is 0.00000325. The summed E-state index contributed by atoms with van der Waals surface area (Å²) in [4.78, 5) is 68.5. The molecule has 3 aromatic rings. The molecule has 49 heavy (non-hydrogen) atoms. The lowest BCUT2D eigenvalue weighted by Crippen LogP contribution is -2.55. The van der Waals surface area contributed by atoms with E-state index in [-0.39, 0.29) is 68.5 Å². The van der Waals surface area contributed by atoms with E-state index in [9.17, 15) is 24.0 Å². The number of esters is 1. The molecule has 1 aliphatic carbocycles. The Morgan fingerprint density at radius 2 is 1.57 bits per heavy atom. The second-order valence-electron chi connectivity index (χ2n) is 12.8. The lowest BCUT2D eigenvalue weighted by Gasteiger charge is -2.43. The summed E-state index contributed by atoms with van der Waals surface area (Å²) < 4.78 is 6.67. The van der Waals surface area contributed by atoms with Gasteiger partial charge in [0.2, 0.25) is 11.8 Å². The van der Waals surface area contributed by atoms with E-state index < -0.39 is 29.3 Å². The minimum Gasteiger partial charge on any atom is -0.464 e. The van der Waals surface area contributed by atoms with Gasteiger partial charge >= 0.3 is 5.97 Å². The molecule has 2 aromatic carbocycles. The number of carbonyl (C=O) groups excluding carboxylic acids is 4. The third-order valence-electron chi connectivity index (χ3n) is 9.56. The van der Waals surface area contributed by atoms with Gasteiger partial charge in [-0.3, -0.25) is 19.2 Å². The topological polar surface area (TPSA) is 127 Å². The van der Waals surface area contributed by atoms with Gasteiger partial charge in [0, 0.05) is 32.4 Å². The van der Waals surface area contributed by atoms with Gasteiger partial charge < -0.3 is 24.8 Å². The summed E-state index contributed by atoms with van der Waals surface area (Å²) in [6, 6.07) is 19.4. The first-order valence-electron chi connectivity index (χ1n) is 16.5. The molecule has 2 N–H and O–H groups in total. The van der Waals surface area contributed by atoms with Crippen LogP contribution in [0.25, 0.3) is 0 Å². The largest absolute Gasteiger partial charge is 0.464 e. The summed E-state index contributed by atoms with van der Waals surface area (Å²) in [5.74, 6) is -1.81. The first-order chi connectivity index (χ1) is 22.6. The number of amides is 3. The van der Waals surface area contributed by atoms with Gasteiger partial charge in [0.1, 0.15) is 11.6 Å². The number of carbonyl (C=O) groups is 4. The molecule has 0 saturated carbocycles. The van der Waals surface area contributed by atoms with Crippen molar-refractivity contribution in [3.05, 3.63) is 106 Å². The average molecular weight is 709 g/mol. The van der Waals surface area contributed by atoms with Crippen LogP contribution >= 0.6 is 27.0 Å². The van der Waals surface area contributed by atoms with Gasteiger partial charge in [0.05, 0.1) is 17.9 Å². The SMILES string of the molecule is CCOC(=O)[C@@H](NC(=O)[C@@]1(c2ccccc2)CC[C@H](C(=O)N2CCC(NC(=O)c3cccn(C)c3=O)CC2)c2ccccc21)C(C)C.S.S. The van der Waals surface area contributed by atoms with Crippen LogP contribution in [0.15, 0.2) is 77.7 Å². The Labute approximate surface area is 301 Å². The maximum Gasteiger partial charge on any atom is 0.328 e. The van der Waals surface area contributed by atoms with Crippen molar-refractivity contribution in [1.82, 2.24) is 20.1 Å². The van der Waals surface area contributed by atoms with Crippen LogP contribution in [-0.4, -0.2) is 64.9 Å². The highest BCUT2D eigenvalue weighted by Gasteiger charge is 2.50. The van der Waals surface area contributed by atoms with Gasteiger partial charge in [0.25, 0.3) is 11.5 Å². The Morgan fingerprint density at radius 1 is 0.918 bits per heavy atom. The molecule has 0 bridgehead atoms. The minimum absolute atomic E-state index is 0. The Bertz CT molecular complexity index is 1690. The predicted octanol–water partition coefficient (Wildman–Crippen LogP) is 3.90. The van der Waals surface area contributed by atoms with Gasteiger partial charge in [-0.15, -0.1) is 0 Å². The van der Waals surface area contributed by atoms with Crippen molar-refractivity contribution in [3.63, 3.8) is 0 Å². The monoisotopic (exact) mass is 708 g/mol. The average Bonchev–Trinajstić information content (AvgIpc) is 3.08. The third-order valence-corrected chi connectivity index (χ3v) is 9.56. The zero-order valence-corrected chi connectivity index (χ0v) is 30.5. The molecule has 2 aliphatic rings. The van der Waals surface area contributed by atoms with Crippen LogP contribution in [0.2, 0.25) is 0 Å². The number of piperidine rings is 1. The molecule has 1 aromatic heterocycles. The molecular weight excluding hydrogens is 661 g/mol. The smallest absolute Gasteiger partial charge is 0.328 e. The Hall–Kier alpha value is -4.03. The second kappa shape index (κ2) is 17.1. The van der Waals surface area contributed by atoms with Crippen molar-refractivity contribution in [3.8, 4) is 0 Å². The molecule has 0 unspecified atom stereocenters. The Kier molecular flexibility index (Phi) is 13.7. The number of likely N-dealkylation sites (tertiary alicyclic amines) is 1. The number of ether oxygens (including phenoxy) is 1. The summed E-state index contributed by atoms with van der Waals surface area (Å²) in [6.07, 6.45) is 3.56. The van der Waals surface area contributed by atoms with E-state index >= 15 is 0 Å². The molecule has 3 amide bonds. The zero-order chi connectivity index (χ0) is 33.7.